The number of amides is 1. The number of hydrogen-bond donors (Lipinski definition) is 1. The summed E-state index contributed by atoms with van der Waals surface area (Å²) in [7, 11) is 0. The molecule has 1 aliphatic carbocycles. The van der Waals surface area contributed by atoms with E-state index in [9.17, 15) is 9.90 Å². The second-order valence-corrected chi connectivity index (χ2v) is 6.92. The number of carbonyl (C=O) groups is 1. The first kappa shape index (κ1) is 15.6. The lowest BCUT2D eigenvalue weighted by molar-refractivity contribution is -0.0161. The Morgan fingerprint density at radius 2 is 1.70 bits per heavy atom. The van der Waals surface area contributed by atoms with E-state index >= 15 is 0 Å². The molecule has 1 aliphatic heterocycles. The second-order valence-electron chi connectivity index (χ2n) is 6.92. The monoisotopic (exact) mass is 284 g/mol. The Balaban J connectivity index is 1.81. The van der Waals surface area contributed by atoms with Crippen molar-refractivity contribution in [2.75, 3.05) is 26.2 Å². The van der Waals surface area contributed by atoms with Crippen LogP contribution in [-0.2, 0) is 4.74 Å². The summed E-state index contributed by atoms with van der Waals surface area (Å²) in [4.78, 5) is 16.1. The minimum absolute atomic E-state index is 0.197. The molecule has 20 heavy (non-hydrogen) atoms. The lowest BCUT2D eigenvalue weighted by atomic mass is 9.91. The Bertz CT molecular complexity index is 333. The standard InChI is InChI=1S/C15H28N2O3/c1-15(2,3)20-14(19)17-10-8-16(9-11-17)12-6-4-5-7-13(12)18/h12-13,18H,4-11H2,1-3H3/t12-,13+/m0/s1. The summed E-state index contributed by atoms with van der Waals surface area (Å²) in [5, 5.41) is 10.1. The van der Waals surface area contributed by atoms with Gasteiger partial charge in [0.15, 0.2) is 0 Å². The first-order valence-electron chi connectivity index (χ1n) is 7.77. The summed E-state index contributed by atoms with van der Waals surface area (Å²) in [6.45, 7) is 8.72. The maximum absolute atomic E-state index is 12.0. The van der Waals surface area contributed by atoms with Crippen molar-refractivity contribution in [3.8, 4) is 0 Å². The predicted octanol–water partition coefficient (Wildman–Crippen LogP) is 1.84. The number of piperazine rings is 1. The average Bonchev–Trinajstić information content (AvgIpc) is 2.37. The van der Waals surface area contributed by atoms with E-state index in [1.165, 1.54) is 6.42 Å². The molecule has 0 aromatic rings. The largest absolute Gasteiger partial charge is 0.444 e. The van der Waals surface area contributed by atoms with Crippen LogP contribution < -0.4 is 0 Å². The average molecular weight is 284 g/mol. The van der Waals surface area contributed by atoms with Gasteiger partial charge in [-0.25, -0.2) is 4.79 Å². The minimum atomic E-state index is -0.437. The summed E-state index contributed by atoms with van der Waals surface area (Å²) in [6.07, 6.45) is 3.91. The molecule has 2 atom stereocenters. The molecular weight excluding hydrogens is 256 g/mol. The summed E-state index contributed by atoms with van der Waals surface area (Å²) in [5.74, 6) is 0. The van der Waals surface area contributed by atoms with E-state index in [0.29, 0.717) is 13.1 Å². The molecule has 0 radical (unpaired) electrons. The maximum Gasteiger partial charge on any atom is 0.410 e. The molecule has 0 unspecified atom stereocenters. The Labute approximate surface area is 121 Å². The second kappa shape index (κ2) is 6.31. The van der Waals surface area contributed by atoms with Crippen LogP contribution in [0.3, 0.4) is 0 Å². The first-order valence-corrected chi connectivity index (χ1v) is 7.77. The summed E-state index contributed by atoms with van der Waals surface area (Å²) >= 11 is 0. The quantitative estimate of drug-likeness (QED) is 0.798. The van der Waals surface area contributed by atoms with E-state index in [0.717, 1.165) is 32.4 Å². The molecule has 1 amide bonds. The fraction of sp³-hybridized carbons (Fsp3) is 0.933. The van der Waals surface area contributed by atoms with E-state index in [2.05, 4.69) is 4.90 Å². The Hall–Kier alpha value is -0.810. The van der Waals surface area contributed by atoms with Crippen molar-refractivity contribution in [3.05, 3.63) is 0 Å². The zero-order chi connectivity index (χ0) is 14.8. The van der Waals surface area contributed by atoms with Crippen molar-refractivity contribution in [1.82, 2.24) is 9.80 Å². The molecule has 2 rings (SSSR count). The number of ether oxygens (including phenoxy) is 1. The van der Waals surface area contributed by atoms with Gasteiger partial charge < -0.3 is 14.7 Å². The fourth-order valence-electron chi connectivity index (χ4n) is 3.08. The SMILES string of the molecule is CC(C)(C)OC(=O)N1CCN([C@H]2CCCC[C@H]2O)CC1. The number of aliphatic hydroxyl groups excluding tert-OH is 1. The van der Waals surface area contributed by atoms with Crippen molar-refractivity contribution in [2.24, 2.45) is 0 Å². The van der Waals surface area contributed by atoms with Gasteiger partial charge in [-0.05, 0) is 33.6 Å². The molecule has 5 nitrogen and oxygen atoms in total. The van der Waals surface area contributed by atoms with Crippen LogP contribution in [0.1, 0.15) is 46.5 Å². The predicted molar refractivity (Wildman–Crippen MR) is 77.6 cm³/mol. The summed E-state index contributed by atoms with van der Waals surface area (Å²) in [6, 6.07) is 0.282. The molecule has 5 heteroatoms. The van der Waals surface area contributed by atoms with Crippen molar-refractivity contribution < 1.29 is 14.6 Å². The fourth-order valence-corrected chi connectivity index (χ4v) is 3.08. The maximum atomic E-state index is 12.0. The lowest BCUT2D eigenvalue weighted by Crippen LogP contribution is -2.56. The number of hydrogen-bond acceptors (Lipinski definition) is 4. The number of nitrogens with zero attached hydrogens (tertiary/aromatic N) is 2. The van der Waals surface area contributed by atoms with Crippen LogP contribution in [0.5, 0.6) is 0 Å². The highest BCUT2D eigenvalue weighted by molar-refractivity contribution is 5.68. The zero-order valence-corrected chi connectivity index (χ0v) is 13.0. The van der Waals surface area contributed by atoms with Gasteiger partial charge in [-0.2, -0.15) is 0 Å². The van der Waals surface area contributed by atoms with Gasteiger partial charge in [-0.1, -0.05) is 12.8 Å². The number of rotatable bonds is 1. The molecule has 0 aromatic heterocycles. The van der Waals surface area contributed by atoms with Gasteiger partial charge in [0.25, 0.3) is 0 Å². The van der Waals surface area contributed by atoms with Gasteiger partial charge in [-0.15, -0.1) is 0 Å². The normalized spacial score (nSPS) is 29.3. The van der Waals surface area contributed by atoms with Crippen LogP contribution in [0, 0.1) is 0 Å². The van der Waals surface area contributed by atoms with Crippen molar-refractivity contribution >= 4 is 6.09 Å². The Morgan fingerprint density at radius 1 is 1.10 bits per heavy atom. The van der Waals surface area contributed by atoms with Gasteiger partial charge in [0.2, 0.25) is 0 Å². The van der Waals surface area contributed by atoms with E-state index in [1.807, 2.05) is 20.8 Å². The van der Waals surface area contributed by atoms with Crippen molar-refractivity contribution in [3.63, 3.8) is 0 Å². The lowest BCUT2D eigenvalue weighted by Gasteiger charge is -2.42. The van der Waals surface area contributed by atoms with Gasteiger partial charge in [-0.3, -0.25) is 4.90 Å². The third-order valence-corrected chi connectivity index (χ3v) is 4.13. The topological polar surface area (TPSA) is 53.0 Å². The zero-order valence-electron chi connectivity index (χ0n) is 13.0. The molecule has 1 N–H and O–H groups in total. The smallest absolute Gasteiger partial charge is 0.410 e. The molecule has 1 saturated carbocycles. The first-order chi connectivity index (χ1) is 9.37. The Kier molecular flexibility index (Phi) is 4.91. The highest BCUT2D eigenvalue weighted by atomic mass is 16.6. The molecule has 0 bridgehead atoms. The molecule has 0 spiro atoms. The minimum Gasteiger partial charge on any atom is -0.444 e. The van der Waals surface area contributed by atoms with Gasteiger partial charge in [0.1, 0.15) is 5.60 Å². The number of aliphatic hydroxyl groups is 1. The van der Waals surface area contributed by atoms with Crippen LogP contribution in [0.25, 0.3) is 0 Å². The van der Waals surface area contributed by atoms with Crippen LogP contribution in [0.15, 0.2) is 0 Å². The van der Waals surface area contributed by atoms with Gasteiger partial charge >= 0.3 is 6.09 Å². The molecule has 1 heterocycles. The molecule has 0 aromatic carbocycles. The highest BCUT2D eigenvalue weighted by Gasteiger charge is 2.32. The Morgan fingerprint density at radius 3 is 2.25 bits per heavy atom. The van der Waals surface area contributed by atoms with E-state index in [4.69, 9.17) is 4.74 Å². The molecule has 2 fully saturated rings. The van der Waals surface area contributed by atoms with Crippen molar-refractivity contribution in [2.45, 2.75) is 64.2 Å². The van der Waals surface area contributed by atoms with Crippen LogP contribution >= 0.6 is 0 Å². The van der Waals surface area contributed by atoms with E-state index in [1.54, 1.807) is 4.90 Å². The summed E-state index contributed by atoms with van der Waals surface area (Å²) < 4.78 is 5.40. The highest BCUT2D eigenvalue weighted by Crippen LogP contribution is 2.24. The van der Waals surface area contributed by atoms with Gasteiger partial charge in [0, 0.05) is 32.2 Å². The van der Waals surface area contributed by atoms with E-state index < -0.39 is 5.60 Å². The molecule has 2 aliphatic rings. The molecule has 116 valence electrons. The summed E-state index contributed by atoms with van der Waals surface area (Å²) in [5.41, 5.74) is -0.437. The van der Waals surface area contributed by atoms with Crippen molar-refractivity contribution in [1.29, 1.82) is 0 Å². The van der Waals surface area contributed by atoms with Gasteiger partial charge in [0.05, 0.1) is 6.10 Å². The molecule has 1 saturated heterocycles. The molecular formula is C15H28N2O3. The third-order valence-electron chi connectivity index (χ3n) is 4.13. The number of carbonyl (C=O) groups excluding carboxylic acids is 1. The van der Waals surface area contributed by atoms with Crippen LogP contribution in [0.2, 0.25) is 0 Å². The third kappa shape index (κ3) is 4.09. The van der Waals surface area contributed by atoms with Crippen LogP contribution in [-0.4, -0.2) is 64.9 Å². The van der Waals surface area contributed by atoms with Crippen LogP contribution in [0.4, 0.5) is 4.79 Å². The van der Waals surface area contributed by atoms with E-state index in [-0.39, 0.29) is 18.2 Å².